The zero-order chi connectivity index (χ0) is 20.1. The molecule has 2 heterocycles. The average molecular weight is 452 g/mol. The Hall–Kier alpha value is -3.37. The van der Waals surface area contributed by atoms with Crippen molar-refractivity contribution in [3.8, 4) is 17.1 Å². The van der Waals surface area contributed by atoms with E-state index >= 15 is 0 Å². The maximum Gasteiger partial charge on any atom is 0.145 e. The number of aromatic nitrogens is 2. The summed E-state index contributed by atoms with van der Waals surface area (Å²) in [6.45, 7) is 0.835. The van der Waals surface area contributed by atoms with Crippen molar-refractivity contribution in [1.82, 2.24) is 9.55 Å². The third kappa shape index (κ3) is 2.61. The van der Waals surface area contributed by atoms with E-state index in [0.29, 0.717) is 0 Å². The van der Waals surface area contributed by atoms with Crippen LogP contribution < -0.4 is 5.32 Å². The number of para-hydroxylation sites is 1. The second-order valence-electron chi connectivity index (χ2n) is 7.43. The molecule has 0 bridgehead atoms. The van der Waals surface area contributed by atoms with Gasteiger partial charge in [0.15, 0.2) is 0 Å². The highest BCUT2D eigenvalue weighted by molar-refractivity contribution is 9.10. The number of benzene rings is 4. The van der Waals surface area contributed by atoms with Crippen LogP contribution in [-0.2, 0) is 0 Å². The molecule has 0 atom stereocenters. The SMILES string of the molecule is Brc1ccc(-c2nc3c4ccccc4c4c(c3n2-c2ccccc2)C=CCN4)cc1. The Balaban J connectivity index is 1.82. The van der Waals surface area contributed by atoms with Crippen molar-refractivity contribution in [1.29, 1.82) is 0 Å². The molecule has 4 aromatic carbocycles. The van der Waals surface area contributed by atoms with Gasteiger partial charge in [-0.2, -0.15) is 0 Å². The number of hydrogen-bond donors (Lipinski definition) is 1. The van der Waals surface area contributed by atoms with Crippen LogP contribution in [0.5, 0.6) is 0 Å². The van der Waals surface area contributed by atoms with Crippen molar-refractivity contribution in [3.63, 3.8) is 0 Å². The first-order chi connectivity index (χ1) is 14.8. The van der Waals surface area contributed by atoms with Crippen LogP contribution in [0.1, 0.15) is 5.56 Å². The minimum absolute atomic E-state index is 0.835. The largest absolute Gasteiger partial charge is 0.381 e. The van der Waals surface area contributed by atoms with E-state index in [1.165, 1.54) is 22.0 Å². The zero-order valence-electron chi connectivity index (χ0n) is 16.1. The second kappa shape index (κ2) is 6.85. The van der Waals surface area contributed by atoms with Gasteiger partial charge in [0.05, 0.1) is 16.7 Å². The highest BCUT2D eigenvalue weighted by Crippen LogP contribution is 2.41. The Morgan fingerprint density at radius 1 is 0.833 bits per heavy atom. The lowest BCUT2D eigenvalue weighted by atomic mass is 9.99. The molecule has 6 rings (SSSR count). The molecule has 1 N–H and O–H groups in total. The third-order valence-corrected chi connectivity index (χ3v) is 6.18. The quantitative estimate of drug-likeness (QED) is 0.311. The van der Waals surface area contributed by atoms with Crippen LogP contribution in [0.15, 0.2) is 89.4 Å². The van der Waals surface area contributed by atoms with E-state index in [1.807, 2.05) is 6.07 Å². The fourth-order valence-corrected chi connectivity index (χ4v) is 4.60. The summed E-state index contributed by atoms with van der Waals surface area (Å²) in [4.78, 5) is 5.21. The van der Waals surface area contributed by atoms with Gasteiger partial charge in [0.2, 0.25) is 0 Å². The van der Waals surface area contributed by atoms with Crippen molar-refractivity contribution < 1.29 is 0 Å². The average Bonchev–Trinajstić information content (AvgIpc) is 3.21. The molecule has 0 radical (unpaired) electrons. The van der Waals surface area contributed by atoms with Gasteiger partial charge >= 0.3 is 0 Å². The predicted molar refractivity (Wildman–Crippen MR) is 129 cm³/mol. The number of hydrogen-bond acceptors (Lipinski definition) is 2. The molecule has 3 nitrogen and oxygen atoms in total. The molecule has 1 aliphatic heterocycles. The van der Waals surface area contributed by atoms with Crippen LogP contribution in [0.4, 0.5) is 5.69 Å². The number of nitrogens with one attached hydrogen (secondary N) is 1. The van der Waals surface area contributed by atoms with Gasteiger partial charge in [-0.1, -0.05) is 82.7 Å². The molecule has 1 aliphatic rings. The monoisotopic (exact) mass is 451 g/mol. The molecule has 0 spiro atoms. The van der Waals surface area contributed by atoms with E-state index in [2.05, 4.69) is 111 Å². The lowest BCUT2D eigenvalue weighted by Crippen LogP contribution is -2.07. The van der Waals surface area contributed by atoms with Crippen LogP contribution in [0.3, 0.4) is 0 Å². The summed E-state index contributed by atoms with van der Waals surface area (Å²) in [6, 6.07) is 27.4. The topological polar surface area (TPSA) is 29.9 Å². The lowest BCUT2D eigenvalue weighted by Gasteiger charge is -2.19. The van der Waals surface area contributed by atoms with Crippen molar-refractivity contribution in [2.24, 2.45) is 0 Å². The molecular formula is C26H18BrN3. The minimum atomic E-state index is 0.835. The van der Waals surface area contributed by atoms with Gasteiger partial charge < -0.3 is 5.32 Å². The summed E-state index contributed by atoms with van der Waals surface area (Å²) in [5.41, 5.74) is 6.73. The minimum Gasteiger partial charge on any atom is -0.381 e. The molecule has 30 heavy (non-hydrogen) atoms. The first-order valence-corrected chi connectivity index (χ1v) is 10.8. The van der Waals surface area contributed by atoms with Crippen LogP contribution in [0, 0.1) is 0 Å². The van der Waals surface area contributed by atoms with Crippen molar-refractivity contribution in [2.75, 3.05) is 11.9 Å². The Bertz CT molecular complexity index is 1430. The van der Waals surface area contributed by atoms with Gasteiger partial charge in [-0.05, 0) is 24.3 Å². The molecule has 0 saturated carbocycles. The molecule has 144 valence electrons. The van der Waals surface area contributed by atoms with E-state index in [0.717, 1.165) is 39.1 Å². The Morgan fingerprint density at radius 2 is 1.57 bits per heavy atom. The standard InChI is InChI=1S/C26H18BrN3/c27-18-14-12-17(13-15-18)26-29-24-21-10-5-4-9-20(21)23-22(11-6-16-28-23)25(24)30(26)19-7-2-1-3-8-19/h1-15,28H,16H2. The molecular weight excluding hydrogens is 434 g/mol. The molecule has 0 saturated heterocycles. The number of fused-ring (bicyclic) bond motifs is 6. The van der Waals surface area contributed by atoms with Crippen molar-refractivity contribution in [2.45, 2.75) is 0 Å². The van der Waals surface area contributed by atoms with Gasteiger partial charge in [-0.25, -0.2) is 4.98 Å². The normalized spacial score (nSPS) is 12.8. The number of rotatable bonds is 2. The number of halogens is 1. The number of imidazole rings is 1. The smallest absolute Gasteiger partial charge is 0.145 e. The predicted octanol–water partition coefficient (Wildman–Crippen LogP) is 7.05. The van der Waals surface area contributed by atoms with Crippen LogP contribution in [0.2, 0.25) is 0 Å². The van der Waals surface area contributed by atoms with Crippen molar-refractivity contribution in [3.05, 3.63) is 95.0 Å². The maximum absolute atomic E-state index is 5.21. The van der Waals surface area contributed by atoms with E-state index < -0.39 is 0 Å². The van der Waals surface area contributed by atoms with E-state index in [4.69, 9.17) is 4.98 Å². The highest BCUT2D eigenvalue weighted by atomic mass is 79.9. The first kappa shape index (κ1) is 17.5. The third-order valence-electron chi connectivity index (χ3n) is 5.65. The molecule has 0 unspecified atom stereocenters. The van der Waals surface area contributed by atoms with Crippen LogP contribution >= 0.6 is 15.9 Å². The molecule has 1 aromatic heterocycles. The molecule has 0 aliphatic carbocycles. The molecule has 0 amide bonds. The Kier molecular flexibility index (Phi) is 3.99. The Morgan fingerprint density at radius 3 is 2.37 bits per heavy atom. The van der Waals surface area contributed by atoms with Gasteiger partial charge in [-0.15, -0.1) is 0 Å². The second-order valence-corrected chi connectivity index (χ2v) is 8.34. The Labute approximate surface area is 182 Å². The molecule has 5 aromatic rings. The van der Waals surface area contributed by atoms with E-state index in [9.17, 15) is 0 Å². The van der Waals surface area contributed by atoms with Gasteiger partial charge in [0, 0.05) is 38.6 Å². The van der Waals surface area contributed by atoms with Gasteiger partial charge in [0.25, 0.3) is 0 Å². The number of nitrogens with zero attached hydrogens (tertiary/aromatic N) is 2. The lowest BCUT2D eigenvalue weighted by molar-refractivity contribution is 1.10. The fraction of sp³-hybridized carbons (Fsp3) is 0.0385. The molecule has 0 fully saturated rings. The number of anilines is 1. The first-order valence-electron chi connectivity index (χ1n) is 10.0. The maximum atomic E-state index is 5.21. The summed E-state index contributed by atoms with van der Waals surface area (Å²) < 4.78 is 3.35. The summed E-state index contributed by atoms with van der Waals surface area (Å²) in [5, 5.41) is 5.98. The van der Waals surface area contributed by atoms with E-state index in [1.54, 1.807) is 0 Å². The molecule has 4 heteroatoms. The highest BCUT2D eigenvalue weighted by Gasteiger charge is 2.22. The van der Waals surface area contributed by atoms with Crippen molar-refractivity contribution >= 4 is 49.5 Å². The zero-order valence-corrected chi connectivity index (χ0v) is 17.7. The summed E-state index contributed by atoms with van der Waals surface area (Å²) in [6.07, 6.45) is 4.41. The van der Waals surface area contributed by atoms with E-state index in [-0.39, 0.29) is 0 Å². The summed E-state index contributed by atoms with van der Waals surface area (Å²) in [5.74, 6) is 0.946. The summed E-state index contributed by atoms with van der Waals surface area (Å²) >= 11 is 3.55. The fourth-order valence-electron chi connectivity index (χ4n) is 4.34. The van der Waals surface area contributed by atoms with Gasteiger partial charge in [0.1, 0.15) is 5.82 Å². The summed E-state index contributed by atoms with van der Waals surface area (Å²) in [7, 11) is 0. The van der Waals surface area contributed by atoms with Gasteiger partial charge in [-0.3, -0.25) is 4.57 Å². The van der Waals surface area contributed by atoms with Crippen LogP contribution in [-0.4, -0.2) is 16.1 Å². The van der Waals surface area contributed by atoms with Crippen LogP contribution in [0.25, 0.3) is 45.0 Å².